The standard InChI is InChI=1S/C40H44N12O18S6.6Na/c1-5-51(6-2)39-47-35(45-37(49-39)43-29-17-15-27(71(53,54)55)21-33(29)75(65,66)67)41-25-13-11-23(31(19-25)73(59,60)61)9-10-24-12-14-26(20-32(24)74(62,63)64)42-36-46-38(50-40(48-36)52(7-3)8-4)44-30-18-16-28(72(56,57)58)22-34(30)76(68,69)70;;;;;;/h9-22H,5-8H2,1-4H3,(H,53,54,55)(H,56,57,58)(H,59,60,61)(H,62,63,64)(H,65,66,67)(H,68,69,70)(H2,41,43,45,47,49)(H2,42,44,46,48,50);;;;;;/q;6*+1/p-6/b10-9+;;;;;;. The van der Waals surface area contributed by atoms with Crippen LogP contribution in [-0.4, -0.2) is 134 Å². The first kappa shape index (κ1) is 80.9. The van der Waals surface area contributed by atoms with Crippen LogP contribution in [0.4, 0.5) is 34.6 Å². The second-order valence-corrected chi connectivity index (χ2v) is 23.4. The number of nitrogens with one attached hydrogen (secondary N) is 4. The number of benzene rings is 4. The van der Waals surface area contributed by atoms with E-state index in [1.165, 1.54) is 12.1 Å². The van der Waals surface area contributed by atoms with Gasteiger partial charge in [0, 0.05) is 26.2 Å². The molecule has 0 spiro atoms. The van der Waals surface area contributed by atoms with Crippen LogP contribution < -0.4 is 210 Å². The van der Waals surface area contributed by atoms with E-state index in [2.05, 4.69) is 49.9 Å². The quantitative estimate of drug-likeness (QED) is 0.0353. The van der Waals surface area contributed by atoms with Gasteiger partial charge < -0.3 is 37.1 Å². The molecular weight excluding hydrogens is 1270 g/mol. The van der Waals surface area contributed by atoms with E-state index in [4.69, 9.17) is 0 Å². The van der Waals surface area contributed by atoms with E-state index >= 15 is 0 Å². The average Bonchev–Trinajstić information content (AvgIpc) is 3.30. The van der Waals surface area contributed by atoms with Gasteiger partial charge in [-0.25, -0.2) is 70.5 Å². The van der Waals surface area contributed by atoms with Gasteiger partial charge in [0.2, 0.25) is 34.4 Å². The van der Waals surface area contributed by atoms with Crippen molar-refractivity contribution >= 4 is 108 Å². The Morgan fingerprint density at radius 3 is 0.976 bits per heavy atom. The van der Waals surface area contributed by atoms with Crippen LogP contribution in [0.15, 0.2) is 122 Å². The number of H-pyrrole nitrogens is 4. The van der Waals surface area contributed by atoms with Crippen molar-refractivity contribution < 1.29 is 255 Å². The van der Waals surface area contributed by atoms with Crippen molar-refractivity contribution in [3.05, 3.63) is 106 Å². The van der Waals surface area contributed by atoms with Gasteiger partial charge in [0.15, 0.2) is 0 Å². The molecule has 0 aliphatic heterocycles. The minimum Gasteiger partial charge on any atom is -0.744 e. The molecule has 0 aliphatic rings. The molecule has 30 nitrogen and oxygen atoms in total. The fraction of sp³-hybridized carbons (Fsp3) is 0.200. The van der Waals surface area contributed by atoms with E-state index in [0.717, 1.165) is 60.7 Å². The van der Waals surface area contributed by atoms with Crippen LogP contribution in [0, 0.1) is 0 Å². The number of hydrogen-bond acceptors (Lipinski definition) is 26. The summed E-state index contributed by atoms with van der Waals surface area (Å²) in [6.07, 6.45) is 2.00. The topological polar surface area (TPSA) is 488 Å². The zero-order valence-corrected chi connectivity index (χ0v) is 62.2. The van der Waals surface area contributed by atoms with Crippen molar-refractivity contribution in [2.75, 3.05) is 36.0 Å². The van der Waals surface area contributed by atoms with Gasteiger partial charge in [-0.05, 0) is 99.5 Å². The van der Waals surface area contributed by atoms with Crippen molar-refractivity contribution in [1.29, 1.82) is 0 Å². The zero-order valence-electron chi connectivity index (χ0n) is 45.3. The smallest absolute Gasteiger partial charge is 0.744 e. The first-order valence-corrected chi connectivity index (χ1v) is 29.8. The summed E-state index contributed by atoms with van der Waals surface area (Å²) in [5.74, 6) is 0.0636. The molecule has 6 aromatic rings. The Kier molecular flexibility index (Phi) is 32.5. The normalized spacial score (nSPS) is 13.0. The second kappa shape index (κ2) is 32.9. The Balaban J connectivity index is 0.0000109. The summed E-state index contributed by atoms with van der Waals surface area (Å²) in [4.78, 5) is 33.0. The van der Waals surface area contributed by atoms with E-state index in [9.17, 15) is 77.8 Å². The molecule has 2 heterocycles. The second-order valence-electron chi connectivity index (χ2n) is 15.3. The van der Waals surface area contributed by atoms with Crippen LogP contribution >= 0.6 is 0 Å². The molecule has 0 bridgehead atoms. The van der Waals surface area contributed by atoms with Gasteiger partial charge in [0.1, 0.15) is 60.7 Å². The number of nitrogens with zero attached hydrogens (tertiary/aromatic N) is 8. The predicted octanol–water partition coefficient (Wildman–Crippen LogP) is -18.0. The van der Waals surface area contributed by atoms with Crippen LogP contribution in [0.2, 0.25) is 0 Å². The van der Waals surface area contributed by atoms with Crippen LogP contribution in [0.5, 0.6) is 0 Å². The molecule has 4 aromatic carbocycles. The SMILES string of the molecule is CCN(CC)c1nc(=Nc2ccc(/C=C/c3ccc(N=c4nc(N(CC)CC)[nH]c(=Nc5ccc(S(=O)(=O)[O-])cc5S(=O)(=O)[O-])[nH]4)cc3S(=O)(=O)[O-])c(S(=O)(=O)[O-])c2)[nH]c(=Nc2ccc(S(=O)(=O)[O-])cc2S(=O)(=O)[O-])[nH]1.[Na+].[Na+].[Na+].[Na+].[Na+].[Na+]. The molecule has 2 aromatic heterocycles. The molecule has 42 heteroatoms. The summed E-state index contributed by atoms with van der Waals surface area (Å²) in [6.45, 7) is 8.18. The third-order valence-electron chi connectivity index (χ3n) is 10.4. The van der Waals surface area contributed by atoms with E-state index in [0.29, 0.717) is 38.3 Å². The Morgan fingerprint density at radius 2 is 0.707 bits per heavy atom. The van der Waals surface area contributed by atoms with Crippen LogP contribution in [0.3, 0.4) is 0 Å². The molecule has 0 aliphatic carbocycles. The molecule has 0 fully saturated rings. The van der Waals surface area contributed by atoms with Crippen molar-refractivity contribution in [1.82, 2.24) is 29.9 Å². The number of aromatic nitrogens is 6. The molecule has 408 valence electrons. The predicted molar refractivity (Wildman–Crippen MR) is 256 cm³/mol. The fourth-order valence-electron chi connectivity index (χ4n) is 6.81. The summed E-state index contributed by atoms with van der Waals surface area (Å²) in [6, 6.07) is 9.91. The van der Waals surface area contributed by atoms with Gasteiger partial charge in [-0.1, -0.05) is 24.3 Å². The van der Waals surface area contributed by atoms with Crippen molar-refractivity contribution in [3.8, 4) is 0 Å². The minimum absolute atomic E-state index is 0. The number of aromatic amines is 4. The number of hydrogen-bond donors (Lipinski definition) is 4. The van der Waals surface area contributed by atoms with Crippen LogP contribution in [0.25, 0.3) is 12.2 Å². The van der Waals surface area contributed by atoms with Crippen molar-refractivity contribution in [2.24, 2.45) is 20.0 Å². The van der Waals surface area contributed by atoms with Gasteiger partial charge in [-0.15, -0.1) is 0 Å². The number of anilines is 2. The molecule has 0 atom stereocenters. The fourth-order valence-corrected chi connectivity index (χ4v) is 10.6. The first-order chi connectivity index (χ1) is 35.2. The summed E-state index contributed by atoms with van der Waals surface area (Å²) in [5, 5.41) is 0. The third-order valence-corrected chi connectivity index (χ3v) is 15.5. The maximum absolute atomic E-state index is 12.7. The summed E-state index contributed by atoms with van der Waals surface area (Å²) in [5.41, 5.74) is -3.80. The monoisotopic (exact) mass is 1300 g/mol. The molecule has 0 unspecified atom stereocenters. The summed E-state index contributed by atoms with van der Waals surface area (Å²) >= 11 is 0. The van der Waals surface area contributed by atoms with Gasteiger partial charge in [0.05, 0.1) is 52.1 Å². The molecule has 6 rings (SSSR count). The molecule has 0 amide bonds. The number of rotatable bonds is 18. The van der Waals surface area contributed by atoms with E-state index in [-0.39, 0.29) is 234 Å². The van der Waals surface area contributed by atoms with E-state index in [1.807, 2.05) is 0 Å². The molecule has 82 heavy (non-hydrogen) atoms. The Labute approximate surface area is 602 Å². The minimum atomic E-state index is -5.44. The molecule has 0 saturated heterocycles. The molecule has 4 N–H and O–H groups in total. The molecule has 0 radical (unpaired) electrons. The Morgan fingerprint density at radius 1 is 0.402 bits per heavy atom. The summed E-state index contributed by atoms with van der Waals surface area (Å²) in [7, 11) is -32.0. The zero-order chi connectivity index (χ0) is 56.3. The van der Waals surface area contributed by atoms with Crippen molar-refractivity contribution in [3.63, 3.8) is 0 Å². The molecular formula is C40H38N12Na6O18S6. The van der Waals surface area contributed by atoms with Gasteiger partial charge in [-0.2, -0.15) is 9.97 Å². The third kappa shape index (κ3) is 21.9. The summed E-state index contributed by atoms with van der Waals surface area (Å²) < 4.78 is 218. The van der Waals surface area contributed by atoms with Gasteiger partial charge in [0.25, 0.3) is 0 Å². The van der Waals surface area contributed by atoms with Crippen LogP contribution in [-0.2, 0) is 60.7 Å². The average molecular weight is 1310 g/mol. The van der Waals surface area contributed by atoms with Gasteiger partial charge in [-0.3, -0.25) is 19.9 Å². The van der Waals surface area contributed by atoms with Crippen LogP contribution in [0.1, 0.15) is 38.8 Å². The largest absolute Gasteiger partial charge is 1.00 e. The van der Waals surface area contributed by atoms with E-state index in [1.54, 1.807) is 37.5 Å². The Bertz CT molecular complexity index is 4070. The van der Waals surface area contributed by atoms with Crippen molar-refractivity contribution in [2.45, 2.75) is 57.1 Å². The Hall–Kier alpha value is -1.10. The van der Waals surface area contributed by atoms with E-state index < -0.39 is 101 Å². The first-order valence-electron chi connectivity index (χ1n) is 21.3. The maximum atomic E-state index is 12.7. The van der Waals surface area contributed by atoms with Gasteiger partial charge >= 0.3 is 177 Å². The molecule has 0 saturated carbocycles. The maximum Gasteiger partial charge on any atom is 1.00 e.